The van der Waals surface area contributed by atoms with Gasteiger partial charge in [0.1, 0.15) is 5.01 Å². The second kappa shape index (κ2) is 7.03. The van der Waals surface area contributed by atoms with E-state index in [0.29, 0.717) is 10.7 Å². The van der Waals surface area contributed by atoms with Gasteiger partial charge in [-0.15, -0.1) is 11.3 Å². The SMILES string of the molecule is CN(C)c1ccc(Cl)cc1NC(=O)C=Cc1nc2ccccc2s1. The number of nitrogens with one attached hydrogen (secondary N) is 1. The molecule has 6 heteroatoms. The fraction of sp³-hybridized carbons (Fsp3) is 0.111. The number of halogens is 1. The third-order valence-electron chi connectivity index (χ3n) is 3.39. The van der Waals surface area contributed by atoms with Gasteiger partial charge in [-0.2, -0.15) is 0 Å². The van der Waals surface area contributed by atoms with E-state index < -0.39 is 0 Å². The predicted octanol–water partition coefficient (Wildman–Crippen LogP) is 4.67. The Labute approximate surface area is 149 Å². The number of nitrogens with zero attached hydrogens (tertiary/aromatic N) is 2. The van der Waals surface area contributed by atoms with Gasteiger partial charge in [0.15, 0.2) is 0 Å². The number of amides is 1. The summed E-state index contributed by atoms with van der Waals surface area (Å²) < 4.78 is 1.10. The van der Waals surface area contributed by atoms with Crippen LogP contribution in [0.2, 0.25) is 5.02 Å². The molecule has 1 N–H and O–H groups in total. The molecule has 3 aromatic rings. The summed E-state index contributed by atoms with van der Waals surface area (Å²) in [5, 5.41) is 4.23. The molecule has 24 heavy (non-hydrogen) atoms. The highest BCUT2D eigenvalue weighted by atomic mass is 35.5. The van der Waals surface area contributed by atoms with Crippen molar-refractivity contribution in [3.05, 3.63) is 58.6 Å². The second-order valence-corrected chi connectivity index (χ2v) is 6.90. The van der Waals surface area contributed by atoms with Crippen LogP contribution in [0.25, 0.3) is 16.3 Å². The molecule has 0 atom stereocenters. The fourth-order valence-corrected chi connectivity index (χ4v) is 3.32. The normalized spacial score (nSPS) is 11.1. The number of thiazole rings is 1. The topological polar surface area (TPSA) is 45.2 Å². The number of anilines is 2. The first-order chi connectivity index (χ1) is 11.5. The zero-order valence-electron chi connectivity index (χ0n) is 13.3. The lowest BCUT2D eigenvalue weighted by Gasteiger charge is -2.17. The second-order valence-electron chi connectivity index (χ2n) is 5.40. The number of carbonyl (C=O) groups excluding carboxylic acids is 1. The maximum Gasteiger partial charge on any atom is 0.248 e. The molecule has 1 heterocycles. The molecule has 0 aliphatic rings. The van der Waals surface area contributed by atoms with Gasteiger partial charge in [-0.3, -0.25) is 4.79 Å². The van der Waals surface area contributed by atoms with Gasteiger partial charge < -0.3 is 10.2 Å². The minimum atomic E-state index is -0.223. The van der Waals surface area contributed by atoms with Crippen LogP contribution in [0.5, 0.6) is 0 Å². The van der Waals surface area contributed by atoms with Crippen LogP contribution in [0.4, 0.5) is 11.4 Å². The first kappa shape index (κ1) is 16.5. The molecule has 0 spiro atoms. The van der Waals surface area contributed by atoms with Crippen LogP contribution >= 0.6 is 22.9 Å². The van der Waals surface area contributed by atoms with Crippen molar-refractivity contribution in [1.29, 1.82) is 0 Å². The van der Waals surface area contributed by atoms with Crippen LogP contribution in [0.3, 0.4) is 0 Å². The molecule has 4 nitrogen and oxygen atoms in total. The average Bonchev–Trinajstić information content (AvgIpc) is 2.95. The Bertz CT molecular complexity index is 885. The minimum absolute atomic E-state index is 0.223. The van der Waals surface area contributed by atoms with Gasteiger partial charge in [-0.25, -0.2) is 4.98 Å². The molecule has 0 aliphatic heterocycles. The Hall–Kier alpha value is -2.37. The molecule has 0 saturated carbocycles. The molecule has 3 rings (SSSR count). The van der Waals surface area contributed by atoms with Gasteiger partial charge >= 0.3 is 0 Å². The van der Waals surface area contributed by atoms with Crippen LogP contribution in [0.1, 0.15) is 5.01 Å². The van der Waals surface area contributed by atoms with E-state index in [1.54, 1.807) is 29.5 Å². The summed E-state index contributed by atoms with van der Waals surface area (Å²) in [4.78, 5) is 18.6. The summed E-state index contributed by atoms with van der Waals surface area (Å²) in [5.74, 6) is -0.223. The molecule has 1 amide bonds. The number of rotatable bonds is 4. The third-order valence-corrected chi connectivity index (χ3v) is 4.62. The molecule has 2 aromatic carbocycles. The lowest BCUT2D eigenvalue weighted by molar-refractivity contribution is -0.111. The summed E-state index contributed by atoms with van der Waals surface area (Å²) in [6.07, 6.45) is 3.21. The monoisotopic (exact) mass is 357 g/mol. The van der Waals surface area contributed by atoms with E-state index >= 15 is 0 Å². The molecular formula is C18H16ClN3OS. The summed E-state index contributed by atoms with van der Waals surface area (Å²) in [5.41, 5.74) is 2.50. The van der Waals surface area contributed by atoms with Crippen molar-refractivity contribution in [3.63, 3.8) is 0 Å². The Morgan fingerprint density at radius 2 is 2.04 bits per heavy atom. The van der Waals surface area contributed by atoms with Gasteiger partial charge in [0.05, 0.1) is 21.6 Å². The van der Waals surface area contributed by atoms with Gasteiger partial charge in [-0.1, -0.05) is 23.7 Å². The van der Waals surface area contributed by atoms with Crippen molar-refractivity contribution in [2.75, 3.05) is 24.3 Å². The van der Waals surface area contributed by atoms with Crippen LogP contribution in [0.15, 0.2) is 48.5 Å². The third kappa shape index (κ3) is 3.75. The van der Waals surface area contributed by atoms with E-state index in [1.165, 1.54) is 6.08 Å². The van der Waals surface area contributed by atoms with Crippen LogP contribution in [0, 0.1) is 0 Å². The number of hydrogen-bond donors (Lipinski definition) is 1. The number of para-hydroxylation sites is 1. The lowest BCUT2D eigenvalue weighted by atomic mass is 10.2. The average molecular weight is 358 g/mol. The zero-order chi connectivity index (χ0) is 17.1. The summed E-state index contributed by atoms with van der Waals surface area (Å²) >= 11 is 7.58. The standard InChI is InChI=1S/C18H16ClN3OS/c1-22(2)15-8-7-12(19)11-14(15)20-17(23)9-10-18-21-13-5-3-4-6-16(13)24-18/h3-11H,1-2H3,(H,20,23). The molecule has 0 aliphatic carbocycles. The fourth-order valence-electron chi connectivity index (χ4n) is 2.28. The molecule has 0 bridgehead atoms. The summed E-state index contributed by atoms with van der Waals surface area (Å²) in [7, 11) is 3.83. The number of benzene rings is 2. The Balaban J connectivity index is 1.77. The maximum atomic E-state index is 12.2. The quantitative estimate of drug-likeness (QED) is 0.690. The van der Waals surface area contributed by atoms with E-state index in [0.717, 1.165) is 20.9 Å². The van der Waals surface area contributed by atoms with Crippen molar-refractivity contribution in [2.24, 2.45) is 0 Å². The lowest BCUT2D eigenvalue weighted by Crippen LogP contribution is -2.15. The first-order valence-corrected chi connectivity index (χ1v) is 8.54. The van der Waals surface area contributed by atoms with E-state index in [4.69, 9.17) is 11.6 Å². The molecule has 122 valence electrons. The summed E-state index contributed by atoms with van der Waals surface area (Å²) in [6, 6.07) is 13.3. The Morgan fingerprint density at radius 1 is 1.25 bits per heavy atom. The number of carbonyl (C=O) groups is 1. The Morgan fingerprint density at radius 3 is 2.79 bits per heavy atom. The highest BCUT2D eigenvalue weighted by Gasteiger charge is 2.08. The van der Waals surface area contributed by atoms with Crippen molar-refractivity contribution in [2.45, 2.75) is 0 Å². The number of aromatic nitrogens is 1. The molecule has 1 aromatic heterocycles. The molecule has 0 fully saturated rings. The van der Waals surface area contributed by atoms with E-state index in [9.17, 15) is 4.79 Å². The van der Waals surface area contributed by atoms with Crippen molar-refractivity contribution in [3.8, 4) is 0 Å². The van der Waals surface area contributed by atoms with Crippen molar-refractivity contribution in [1.82, 2.24) is 4.98 Å². The molecule has 0 unspecified atom stereocenters. The largest absolute Gasteiger partial charge is 0.376 e. The van der Waals surface area contributed by atoms with Crippen LogP contribution in [-0.2, 0) is 4.79 Å². The number of hydrogen-bond acceptors (Lipinski definition) is 4. The highest BCUT2D eigenvalue weighted by molar-refractivity contribution is 7.19. The van der Waals surface area contributed by atoms with Gasteiger partial charge in [0.2, 0.25) is 5.91 Å². The van der Waals surface area contributed by atoms with E-state index in [2.05, 4.69) is 10.3 Å². The van der Waals surface area contributed by atoms with Gasteiger partial charge in [0, 0.05) is 25.2 Å². The smallest absolute Gasteiger partial charge is 0.248 e. The zero-order valence-corrected chi connectivity index (χ0v) is 14.9. The minimum Gasteiger partial charge on any atom is -0.376 e. The van der Waals surface area contributed by atoms with Crippen molar-refractivity contribution < 1.29 is 4.79 Å². The predicted molar refractivity (Wildman–Crippen MR) is 103 cm³/mol. The van der Waals surface area contributed by atoms with E-state index in [1.807, 2.05) is 49.3 Å². The Kier molecular flexibility index (Phi) is 4.83. The van der Waals surface area contributed by atoms with Gasteiger partial charge in [-0.05, 0) is 36.4 Å². The number of fused-ring (bicyclic) bond motifs is 1. The molecule has 0 radical (unpaired) electrons. The van der Waals surface area contributed by atoms with E-state index in [-0.39, 0.29) is 5.91 Å². The molecule has 0 saturated heterocycles. The molecular weight excluding hydrogens is 342 g/mol. The highest BCUT2D eigenvalue weighted by Crippen LogP contribution is 2.28. The first-order valence-electron chi connectivity index (χ1n) is 7.34. The van der Waals surface area contributed by atoms with Crippen LogP contribution in [-0.4, -0.2) is 25.0 Å². The van der Waals surface area contributed by atoms with Crippen molar-refractivity contribution >= 4 is 56.5 Å². The maximum absolute atomic E-state index is 12.2. The van der Waals surface area contributed by atoms with Crippen LogP contribution < -0.4 is 10.2 Å². The van der Waals surface area contributed by atoms with Gasteiger partial charge in [0.25, 0.3) is 0 Å². The summed E-state index contributed by atoms with van der Waals surface area (Å²) in [6.45, 7) is 0.